The van der Waals surface area contributed by atoms with Gasteiger partial charge in [-0.2, -0.15) is 13.2 Å². The predicted molar refractivity (Wildman–Crippen MR) is 59.5 cm³/mol. The third-order valence-electron chi connectivity index (χ3n) is 2.45. The minimum Gasteiger partial charge on any atom is -0.171 e. The standard InChI is InChI=1S/C13H17F3/c1-9(2)6-11-5-4-10(3)12(7-11)8-13(14,15)16/h4-5,7,9H,6,8H2,1-3H3. The first-order chi connectivity index (χ1) is 7.28. The van der Waals surface area contributed by atoms with E-state index in [-0.39, 0.29) is 0 Å². The maximum absolute atomic E-state index is 12.3. The zero-order valence-electron chi connectivity index (χ0n) is 9.86. The Morgan fingerprint density at radius 1 is 1.19 bits per heavy atom. The second-order valence-corrected chi connectivity index (χ2v) is 4.65. The Bertz CT molecular complexity index is 351. The van der Waals surface area contributed by atoms with E-state index >= 15 is 0 Å². The fourth-order valence-corrected chi connectivity index (χ4v) is 1.73. The van der Waals surface area contributed by atoms with Gasteiger partial charge in [0.25, 0.3) is 0 Å². The van der Waals surface area contributed by atoms with Crippen LogP contribution in [0.1, 0.15) is 30.5 Å². The van der Waals surface area contributed by atoms with Crippen LogP contribution in [0.25, 0.3) is 0 Å². The van der Waals surface area contributed by atoms with Crippen LogP contribution in [-0.2, 0) is 12.8 Å². The molecule has 1 aromatic rings. The summed E-state index contributed by atoms with van der Waals surface area (Å²) in [6.45, 7) is 5.84. The summed E-state index contributed by atoms with van der Waals surface area (Å²) in [5.41, 5.74) is 2.09. The molecule has 0 aliphatic carbocycles. The minimum absolute atomic E-state index is 0.394. The molecule has 0 amide bonds. The first-order valence-corrected chi connectivity index (χ1v) is 5.43. The van der Waals surface area contributed by atoms with Crippen molar-refractivity contribution in [1.82, 2.24) is 0 Å². The van der Waals surface area contributed by atoms with Crippen molar-refractivity contribution in [3.63, 3.8) is 0 Å². The molecule has 0 nitrogen and oxygen atoms in total. The van der Waals surface area contributed by atoms with Gasteiger partial charge in [-0.15, -0.1) is 0 Å². The molecule has 0 spiro atoms. The van der Waals surface area contributed by atoms with Crippen LogP contribution in [0.3, 0.4) is 0 Å². The molecule has 0 N–H and O–H groups in total. The molecule has 1 rings (SSSR count). The van der Waals surface area contributed by atoms with E-state index in [1.807, 2.05) is 6.07 Å². The Kier molecular flexibility index (Phi) is 4.00. The van der Waals surface area contributed by atoms with Crippen molar-refractivity contribution in [3.8, 4) is 0 Å². The topological polar surface area (TPSA) is 0 Å². The van der Waals surface area contributed by atoms with Crippen LogP contribution in [0.2, 0.25) is 0 Å². The summed E-state index contributed by atoms with van der Waals surface area (Å²) in [6, 6.07) is 5.37. The van der Waals surface area contributed by atoms with E-state index in [9.17, 15) is 13.2 Å². The fraction of sp³-hybridized carbons (Fsp3) is 0.538. The molecule has 0 aliphatic heterocycles. The lowest BCUT2D eigenvalue weighted by molar-refractivity contribution is -0.127. The van der Waals surface area contributed by atoms with E-state index in [1.54, 1.807) is 19.1 Å². The summed E-state index contributed by atoms with van der Waals surface area (Å²) < 4.78 is 36.9. The quantitative estimate of drug-likeness (QED) is 0.726. The molecule has 90 valence electrons. The van der Waals surface area contributed by atoms with Crippen LogP contribution in [0.4, 0.5) is 13.2 Å². The largest absolute Gasteiger partial charge is 0.393 e. The molecule has 0 unspecified atom stereocenters. The Labute approximate surface area is 94.5 Å². The number of alkyl halides is 3. The minimum atomic E-state index is -4.12. The van der Waals surface area contributed by atoms with Gasteiger partial charge in [-0.05, 0) is 36.0 Å². The molecule has 16 heavy (non-hydrogen) atoms. The van der Waals surface area contributed by atoms with Crippen LogP contribution < -0.4 is 0 Å². The number of rotatable bonds is 3. The van der Waals surface area contributed by atoms with Crippen LogP contribution in [0, 0.1) is 12.8 Å². The molecule has 0 saturated heterocycles. The smallest absolute Gasteiger partial charge is 0.171 e. The van der Waals surface area contributed by atoms with Crippen LogP contribution in [-0.4, -0.2) is 6.18 Å². The highest BCUT2D eigenvalue weighted by Crippen LogP contribution is 2.24. The maximum Gasteiger partial charge on any atom is 0.393 e. The Balaban J connectivity index is 2.90. The van der Waals surface area contributed by atoms with Crippen molar-refractivity contribution in [2.24, 2.45) is 5.92 Å². The zero-order valence-corrected chi connectivity index (χ0v) is 9.86. The summed E-state index contributed by atoms with van der Waals surface area (Å²) in [6.07, 6.45) is -4.13. The SMILES string of the molecule is Cc1ccc(CC(C)C)cc1CC(F)(F)F. The van der Waals surface area contributed by atoms with E-state index < -0.39 is 12.6 Å². The van der Waals surface area contributed by atoms with E-state index in [2.05, 4.69) is 13.8 Å². The number of halogens is 3. The van der Waals surface area contributed by atoms with Crippen molar-refractivity contribution in [2.45, 2.75) is 39.8 Å². The highest BCUT2D eigenvalue weighted by molar-refractivity contribution is 5.32. The summed E-state index contributed by atoms with van der Waals surface area (Å²) in [4.78, 5) is 0. The van der Waals surface area contributed by atoms with Gasteiger partial charge in [-0.3, -0.25) is 0 Å². The monoisotopic (exact) mass is 230 g/mol. The molecule has 0 saturated carbocycles. The van der Waals surface area contributed by atoms with Crippen molar-refractivity contribution >= 4 is 0 Å². The van der Waals surface area contributed by atoms with E-state index in [0.717, 1.165) is 12.0 Å². The molecular weight excluding hydrogens is 213 g/mol. The average Bonchev–Trinajstić information content (AvgIpc) is 2.07. The van der Waals surface area contributed by atoms with E-state index in [4.69, 9.17) is 0 Å². The van der Waals surface area contributed by atoms with Gasteiger partial charge < -0.3 is 0 Å². The number of hydrogen-bond acceptors (Lipinski definition) is 0. The Hall–Kier alpha value is -0.990. The van der Waals surface area contributed by atoms with Crippen LogP contribution in [0.15, 0.2) is 18.2 Å². The number of aryl methyl sites for hydroxylation is 1. The normalized spacial score (nSPS) is 12.2. The third kappa shape index (κ3) is 4.25. The van der Waals surface area contributed by atoms with Gasteiger partial charge in [-0.1, -0.05) is 32.0 Å². The van der Waals surface area contributed by atoms with E-state index in [0.29, 0.717) is 17.0 Å². The number of benzene rings is 1. The summed E-state index contributed by atoms with van der Waals surface area (Å²) in [7, 11) is 0. The van der Waals surface area contributed by atoms with Gasteiger partial charge in [0.05, 0.1) is 6.42 Å². The summed E-state index contributed by atoms with van der Waals surface area (Å²) in [5, 5.41) is 0. The Morgan fingerprint density at radius 3 is 2.31 bits per heavy atom. The van der Waals surface area contributed by atoms with Crippen LogP contribution >= 0.6 is 0 Å². The summed E-state index contributed by atoms with van der Waals surface area (Å²) in [5.74, 6) is 0.460. The highest BCUT2D eigenvalue weighted by Gasteiger charge is 2.28. The van der Waals surface area contributed by atoms with Crippen molar-refractivity contribution < 1.29 is 13.2 Å². The molecule has 0 aliphatic rings. The first kappa shape index (κ1) is 13.1. The molecule has 0 aromatic heterocycles. The third-order valence-corrected chi connectivity index (χ3v) is 2.45. The summed E-state index contributed by atoms with van der Waals surface area (Å²) >= 11 is 0. The molecular formula is C13H17F3. The van der Waals surface area contributed by atoms with Crippen LogP contribution in [0.5, 0.6) is 0 Å². The van der Waals surface area contributed by atoms with Gasteiger partial charge in [0.1, 0.15) is 0 Å². The molecule has 0 fully saturated rings. The lowest BCUT2D eigenvalue weighted by atomic mass is 9.97. The maximum atomic E-state index is 12.3. The van der Waals surface area contributed by atoms with Gasteiger partial charge in [-0.25, -0.2) is 0 Å². The van der Waals surface area contributed by atoms with Crippen molar-refractivity contribution in [1.29, 1.82) is 0 Å². The van der Waals surface area contributed by atoms with Crippen molar-refractivity contribution in [3.05, 3.63) is 34.9 Å². The molecule has 3 heteroatoms. The molecule has 0 atom stereocenters. The zero-order chi connectivity index (χ0) is 12.3. The number of hydrogen-bond donors (Lipinski definition) is 0. The Morgan fingerprint density at radius 2 is 1.81 bits per heavy atom. The average molecular weight is 230 g/mol. The molecule has 0 radical (unpaired) electrons. The lowest BCUT2D eigenvalue weighted by Crippen LogP contribution is -2.13. The second-order valence-electron chi connectivity index (χ2n) is 4.65. The first-order valence-electron chi connectivity index (χ1n) is 5.43. The van der Waals surface area contributed by atoms with Gasteiger partial charge in [0.2, 0.25) is 0 Å². The second kappa shape index (κ2) is 4.89. The molecule has 1 aromatic carbocycles. The molecule has 0 heterocycles. The fourth-order valence-electron chi connectivity index (χ4n) is 1.73. The van der Waals surface area contributed by atoms with E-state index in [1.165, 1.54) is 0 Å². The predicted octanol–water partition coefficient (Wildman–Crippen LogP) is 4.30. The molecule has 0 bridgehead atoms. The lowest BCUT2D eigenvalue weighted by Gasteiger charge is -2.12. The van der Waals surface area contributed by atoms with Gasteiger partial charge in [0.15, 0.2) is 0 Å². The van der Waals surface area contributed by atoms with Gasteiger partial charge >= 0.3 is 6.18 Å². The highest BCUT2D eigenvalue weighted by atomic mass is 19.4. The van der Waals surface area contributed by atoms with Crippen molar-refractivity contribution in [2.75, 3.05) is 0 Å². The van der Waals surface area contributed by atoms with Gasteiger partial charge in [0, 0.05) is 0 Å².